The van der Waals surface area contributed by atoms with Gasteiger partial charge in [0, 0.05) is 38.4 Å². The van der Waals surface area contributed by atoms with Crippen molar-refractivity contribution >= 4 is 23.5 Å². The summed E-state index contributed by atoms with van der Waals surface area (Å²) in [5, 5.41) is 3.14. The molecule has 0 bridgehead atoms. The average Bonchev–Trinajstić information content (AvgIpc) is 3.12. The van der Waals surface area contributed by atoms with E-state index in [1.807, 2.05) is 26.0 Å². The van der Waals surface area contributed by atoms with E-state index in [0.717, 1.165) is 11.8 Å². The number of hydrogen-bond acceptors (Lipinski definition) is 6. The molecule has 3 aromatic rings. The van der Waals surface area contributed by atoms with E-state index >= 15 is 0 Å². The van der Waals surface area contributed by atoms with Crippen molar-refractivity contribution in [2.24, 2.45) is 0 Å². The van der Waals surface area contributed by atoms with Gasteiger partial charge in [-0.05, 0) is 31.0 Å². The molecule has 0 saturated carbocycles. The predicted octanol–water partition coefficient (Wildman–Crippen LogP) is 4.67. The summed E-state index contributed by atoms with van der Waals surface area (Å²) in [6.07, 6.45) is -3.45. The molecule has 0 aliphatic heterocycles. The molecule has 0 aliphatic carbocycles. The van der Waals surface area contributed by atoms with Gasteiger partial charge in [0.15, 0.2) is 5.69 Å². The molecule has 0 amide bonds. The van der Waals surface area contributed by atoms with Gasteiger partial charge >= 0.3 is 6.18 Å². The normalized spacial score (nSPS) is 11.8. The van der Waals surface area contributed by atoms with Crippen molar-refractivity contribution in [3.63, 3.8) is 0 Å². The molecule has 7 nitrogen and oxygen atoms in total. The van der Waals surface area contributed by atoms with E-state index in [-0.39, 0.29) is 17.1 Å². The van der Waals surface area contributed by atoms with Gasteiger partial charge in [-0.3, -0.25) is 0 Å². The Hall–Kier alpha value is -2.88. The molecule has 0 fully saturated rings. The third-order valence-electron chi connectivity index (χ3n) is 4.24. The van der Waals surface area contributed by atoms with Crippen LogP contribution >= 0.6 is 11.6 Å². The van der Waals surface area contributed by atoms with E-state index in [1.54, 1.807) is 31.1 Å². The highest BCUT2D eigenvalue weighted by atomic mass is 35.5. The van der Waals surface area contributed by atoms with Crippen molar-refractivity contribution in [3.05, 3.63) is 47.0 Å². The van der Waals surface area contributed by atoms with E-state index in [0.29, 0.717) is 24.0 Å². The van der Waals surface area contributed by atoms with Crippen LogP contribution in [-0.4, -0.2) is 38.6 Å². The van der Waals surface area contributed by atoms with Crippen LogP contribution in [0, 0.1) is 0 Å². The number of alkyl halides is 3. The molecule has 1 N–H and O–H groups in total. The molecule has 0 unspecified atom stereocenters. The lowest BCUT2D eigenvalue weighted by atomic mass is 10.1. The van der Waals surface area contributed by atoms with Gasteiger partial charge in [0.25, 0.3) is 0 Å². The standard InChI is InChI=1S/C19H21ClF3N7/c1-11(2)30-10-14(19(21,22)23)25-15(30)13-7-5-12(6-8-13)9-24-17-26-16(20)27-18(28-17)29(3)4/h5-8,10-11H,9H2,1-4H3,(H,24,26,27,28). The first kappa shape index (κ1) is 21.8. The van der Waals surface area contributed by atoms with Gasteiger partial charge in [-0.1, -0.05) is 24.3 Å². The second-order valence-electron chi connectivity index (χ2n) is 7.12. The van der Waals surface area contributed by atoms with Crippen molar-refractivity contribution in [1.29, 1.82) is 0 Å². The van der Waals surface area contributed by atoms with E-state index < -0.39 is 11.9 Å². The van der Waals surface area contributed by atoms with Crippen molar-refractivity contribution in [1.82, 2.24) is 24.5 Å². The summed E-state index contributed by atoms with van der Waals surface area (Å²) in [5.41, 5.74) is 0.585. The maximum atomic E-state index is 13.1. The molecule has 30 heavy (non-hydrogen) atoms. The summed E-state index contributed by atoms with van der Waals surface area (Å²) >= 11 is 5.92. The Morgan fingerprint density at radius 2 is 1.73 bits per heavy atom. The van der Waals surface area contributed by atoms with Crippen LogP contribution in [0.15, 0.2) is 30.5 Å². The number of halogens is 4. The van der Waals surface area contributed by atoms with Crippen LogP contribution < -0.4 is 10.2 Å². The zero-order chi connectivity index (χ0) is 22.1. The Balaban J connectivity index is 1.78. The lowest BCUT2D eigenvalue weighted by Gasteiger charge is -2.13. The van der Waals surface area contributed by atoms with Crippen LogP contribution in [0.2, 0.25) is 5.28 Å². The summed E-state index contributed by atoms with van der Waals surface area (Å²) in [7, 11) is 3.58. The van der Waals surface area contributed by atoms with Crippen molar-refractivity contribution in [2.75, 3.05) is 24.3 Å². The second-order valence-corrected chi connectivity index (χ2v) is 7.46. The average molecular weight is 440 g/mol. The molecule has 0 saturated heterocycles. The summed E-state index contributed by atoms with van der Waals surface area (Å²) in [6.45, 7) is 4.02. The Morgan fingerprint density at radius 1 is 1.07 bits per heavy atom. The molecule has 0 aliphatic rings. The summed E-state index contributed by atoms with van der Waals surface area (Å²) in [4.78, 5) is 17.8. The molecule has 11 heteroatoms. The minimum atomic E-state index is -4.49. The van der Waals surface area contributed by atoms with Gasteiger partial charge in [0.05, 0.1) is 0 Å². The number of hydrogen-bond donors (Lipinski definition) is 1. The molecule has 0 spiro atoms. The molecule has 0 radical (unpaired) electrons. The lowest BCUT2D eigenvalue weighted by Crippen LogP contribution is -2.15. The lowest BCUT2D eigenvalue weighted by molar-refractivity contribution is -0.140. The quantitative estimate of drug-likeness (QED) is 0.602. The van der Waals surface area contributed by atoms with Crippen molar-refractivity contribution < 1.29 is 13.2 Å². The van der Waals surface area contributed by atoms with E-state index in [1.165, 1.54) is 4.57 Å². The smallest absolute Gasteiger partial charge is 0.350 e. The largest absolute Gasteiger partial charge is 0.434 e. The third kappa shape index (κ3) is 4.99. The Kier molecular flexibility index (Phi) is 6.16. The second kappa shape index (κ2) is 8.47. The first-order chi connectivity index (χ1) is 14.0. The van der Waals surface area contributed by atoms with E-state index in [2.05, 4.69) is 25.3 Å². The fourth-order valence-corrected chi connectivity index (χ4v) is 2.86. The fraction of sp³-hybridized carbons (Fsp3) is 0.368. The van der Waals surface area contributed by atoms with E-state index in [9.17, 15) is 13.2 Å². The highest BCUT2D eigenvalue weighted by Gasteiger charge is 2.35. The molecule has 2 heterocycles. The first-order valence-corrected chi connectivity index (χ1v) is 9.50. The number of anilines is 2. The topological polar surface area (TPSA) is 71.8 Å². The van der Waals surface area contributed by atoms with E-state index in [4.69, 9.17) is 11.6 Å². The van der Waals surface area contributed by atoms with Gasteiger partial charge in [-0.15, -0.1) is 0 Å². The number of nitrogens with zero attached hydrogens (tertiary/aromatic N) is 6. The number of imidazole rings is 1. The maximum absolute atomic E-state index is 13.1. The van der Waals surface area contributed by atoms with Gasteiger partial charge in [-0.2, -0.15) is 28.1 Å². The molecule has 2 aromatic heterocycles. The van der Waals surface area contributed by atoms with Crippen molar-refractivity contribution in [3.8, 4) is 11.4 Å². The third-order valence-corrected chi connectivity index (χ3v) is 4.41. The van der Waals surface area contributed by atoms with Crippen LogP contribution in [0.4, 0.5) is 25.1 Å². The molecule has 1 aromatic carbocycles. The molecule has 160 valence electrons. The summed E-state index contributed by atoms with van der Waals surface area (Å²) in [6, 6.07) is 6.94. The zero-order valence-electron chi connectivity index (χ0n) is 16.9. The zero-order valence-corrected chi connectivity index (χ0v) is 17.6. The van der Waals surface area contributed by atoms with Gasteiger partial charge in [0.2, 0.25) is 17.2 Å². The monoisotopic (exact) mass is 439 g/mol. The van der Waals surface area contributed by atoms with Gasteiger partial charge in [-0.25, -0.2) is 4.98 Å². The Morgan fingerprint density at radius 3 is 2.30 bits per heavy atom. The minimum absolute atomic E-state index is 0.0764. The molecular weight excluding hydrogens is 419 g/mol. The number of benzene rings is 1. The SMILES string of the molecule is CC(C)n1cc(C(F)(F)F)nc1-c1ccc(CNc2nc(Cl)nc(N(C)C)n2)cc1. The molecular formula is C19H21ClF3N7. The number of aromatic nitrogens is 5. The van der Waals surface area contributed by atoms with Gasteiger partial charge < -0.3 is 14.8 Å². The fourth-order valence-electron chi connectivity index (χ4n) is 2.71. The predicted molar refractivity (Wildman–Crippen MR) is 110 cm³/mol. The molecule has 3 rings (SSSR count). The Bertz CT molecular complexity index is 1010. The van der Waals surface area contributed by atoms with Crippen LogP contribution in [0.5, 0.6) is 0 Å². The summed E-state index contributed by atoms with van der Waals surface area (Å²) in [5.74, 6) is 1.03. The first-order valence-electron chi connectivity index (χ1n) is 9.12. The molecule has 0 atom stereocenters. The van der Waals surface area contributed by atoms with Crippen LogP contribution in [-0.2, 0) is 12.7 Å². The highest BCUT2D eigenvalue weighted by Crippen LogP contribution is 2.32. The van der Waals surface area contributed by atoms with Crippen LogP contribution in [0.3, 0.4) is 0 Å². The number of nitrogens with one attached hydrogen (secondary N) is 1. The van der Waals surface area contributed by atoms with Crippen LogP contribution in [0.1, 0.15) is 31.1 Å². The maximum Gasteiger partial charge on any atom is 0.434 e. The van der Waals surface area contributed by atoms with Crippen molar-refractivity contribution in [2.45, 2.75) is 32.6 Å². The highest BCUT2D eigenvalue weighted by molar-refractivity contribution is 6.28. The van der Waals surface area contributed by atoms with Gasteiger partial charge in [0.1, 0.15) is 5.82 Å². The number of rotatable bonds is 6. The minimum Gasteiger partial charge on any atom is -0.350 e. The van der Waals surface area contributed by atoms with Crippen LogP contribution in [0.25, 0.3) is 11.4 Å². The summed E-state index contributed by atoms with van der Waals surface area (Å²) < 4.78 is 40.8. The Labute approximate surface area is 177 Å².